The Morgan fingerprint density at radius 3 is 2.74 bits per heavy atom. The molecule has 0 radical (unpaired) electrons. The lowest BCUT2D eigenvalue weighted by molar-refractivity contribution is 0.0692. The molecule has 0 fully saturated rings. The zero-order valence-electron chi connectivity index (χ0n) is 18.0. The molecule has 0 spiro atoms. The first-order valence-corrected chi connectivity index (χ1v) is 11.2. The number of ether oxygens (including phenoxy) is 1. The lowest BCUT2D eigenvalue weighted by Crippen LogP contribution is -2.01. The predicted octanol–water partition coefficient (Wildman–Crippen LogP) is 6.07. The van der Waals surface area contributed by atoms with E-state index in [2.05, 4.69) is 25.9 Å². The Kier molecular flexibility index (Phi) is 5.78. The molecule has 0 bridgehead atoms. The minimum Gasteiger partial charge on any atom is -0.494 e. The number of nitrogens with zero attached hydrogens (tertiary/aromatic N) is 3. The van der Waals surface area contributed by atoms with Crippen LogP contribution in [-0.2, 0) is 0 Å². The zero-order valence-corrected chi connectivity index (χ0v) is 18.9. The van der Waals surface area contributed by atoms with Crippen molar-refractivity contribution in [3.8, 4) is 22.1 Å². The molecule has 2 aromatic heterocycles. The van der Waals surface area contributed by atoms with Gasteiger partial charge in [-0.1, -0.05) is 55.9 Å². The van der Waals surface area contributed by atoms with E-state index in [9.17, 15) is 9.90 Å². The molecule has 4 aromatic rings. The molecule has 0 saturated heterocycles. The number of benzene rings is 2. The highest BCUT2D eigenvalue weighted by molar-refractivity contribution is 7.14. The van der Waals surface area contributed by atoms with E-state index in [-0.39, 0.29) is 11.6 Å². The Labute approximate surface area is 185 Å². The van der Waals surface area contributed by atoms with Crippen LogP contribution in [0.1, 0.15) is 54.0 Å². The van der Waals surface area contributed by atoms with E-state index in [0.29, 0.717) is 17.1 Å². The van der Waals surface area contributed by atoms with Crippen molar-refractivity contribution in [1.82, 2.24) is 14.8 Å². The smallest absolute Gasteiger partial charge is 0.357 e. The molecule has 31 heavy (non-hydrogen) atoms. The van der Waals surface area contributed by atoms with Gasteiger partial charge in [-0.05, 0) is 43.5 Å². The van der Waals surface area contributed by atoms with Gasteiger partial charge in [0.15, 0.2) is 5.69 Å². The van der Waals surface area contributed by atoms with Crippen molar-refractivity contribution in [2.75, 3.05) is 6.61 Å². The number of carboxylic acids is 1. The second kappa shape index (κ2) is 8.51. The van der Waals surface area contributed by atoms with Crippen LogP contribution >= 0.6 is 11.3 Å². The molecular formula is C24H25N3O3S. The molecule has 0 atom stereocenters. The van der Waals surface area contributed by atoms with Crippen LogP contribution in [0.15, 0.2) is 42.5 Å². The third-order valence-corrected chi connectivity index (χ3v) is 6.30. The molecule has 0 aliphatic heterocycles. The van der Waals surface area contributed by atoms with Gasteiger partial charge in [-0.15, -0.1) is 0 Å². The molecule has 2 heterocycles. The van der Waals surface area contributed by atoms with E-state index in [1.54, 1.807) is 4.68 Å². The highest BCUT2D eigenvalue weighted by Crippen LogP contribution is 2.37. The number of thiazole rings is 1. The van der Waals surface area contributed by atoms with Gasteiger partial charge in [0.1, 0.15) is 5.75 Å². The average Bonchev–Trinajstić information content (AvgIpc) is 3.34. The SMILES string of the molecule is CCCOc1cccc(-c2nc(-n3nc(C(=O)O)c4cc(C)ccc43)sc2C(C)C)c1. The summed E-state index contributed by atoms with van der Waals surface area (Å²) in [6.07, 6.45) is 0.945. The first-order chi connectivity index (χ1) is 14.9. The summed E-state index contributed by atoms with van der Waals surface area (Å²) in [5, 5.41) is 15.3. The summed E-state index contributed by atoms with van der Waals surface area (Å²) in [5.74, 6) is 0.0252. The average molecular weight is 436 g/mol. The number of aromatic nitrogens is 3. The van der Waals surface area contributed by atoms with Gasteiger partial charge in [0.05, 0.1) is 17.8 Å². The molecule has 0 unspecified atom stereocenters. The molecular weight excluding hydrogens is 410 g/mol. The lowest BCUT2D eigenvalue weighted by atomic mass is 10.1. The fourth-order valence-corrected chi connectivity index (χ4v) is 4.55. The number of aromatic carboxylic acids is 1. The van der Waals surface area contributed by atoms with Crippen LogP contribution in [0.2, 0.25) is 0 Å². The largest absolute Gasteiger partial charge is 0.494 e. The van der Waals surface area contributed by atoms with Gasteiger partial charge in [-0.25, -0.2) is 14.5 Å². The van der Waals surface area contributed by atoms with Gasteiger partial charge in [0.25, 0.3) is 0 Å². The maximum absolute atomic E-state index is 11.8. The minimum absolute atomic E-state index is 0.0384. The normalized spacial score (nSPS) is 11.4. The molecule has 160 valence electrons. The summed E-state index contributed by atoms with van der Waals surface area (Å²) in [6, 6.07) is 13.7. The minimum atomic E-state index is -1.05. The summed E-state index contributed by atoms with van der Waals surface area (Å²) in [4.78, 5) is 17.8. The van der Waals surface area contributed by atoms with Crippen molar-refractivity contribution in [2.24, 2.45) is 0 Å². The molecule has 0 saturated carbocycles. The second-order valence-corrected chi connectivity index (χ2v) is 8.84. The van der Waals surface area contributed by atoms with Crippen LogP contribution in [0.5, 0.6) is 5.75 Å². The van der Waals surface area contributed by atoms with E-state index >= 15 is 0 Å². The number of carboxylic acid groups (broad SMARTS) is 1. The quantitative estimate of drug-likeness (QED) is 0.381. The first kappa shape index (κ1) is 21.1. The van der Waals surface area contributed by atoms with Crippen LogP contribution < -0.4 is 4.74 Å². The summed E-state index contributed by atoms with van der Waals surface area (Å²) in [5.41, 5.74) is 3.62. The third kappa shape index (κ3) is 4.05. The van der Waals surface area contributed by atoms with Crippen molar-refractivity contribution in [3.63, 3.8) is 0 Å². The summed E-state index contributed by atoms with van der Waals surface area (Å²) < 4.78 is 7.45. The van der Waals surface area contributed by atoms with E-state index in [4.69, 9.17) is 9.72 Å². The third-order valence-electron chi connectivity index (χ3n) is 4.97. The number of aryl methyl sites for hydroxylation is 1. The Morgan fingerprint density at radius 2 is 2.03 bits per heavy atom. The van der Waals surface area contributed by atoms with Gasteiger partial charge in [0, 0.05) is 15.8 Å². The number of hydrogen-bond acceptors (Lipinski definition) is 5. The Hall–Kier alpha value is -3.19. The van der Waals surface area contributed by atoms with Crippen LogP contribution in [0.3, 0.4) is 0 Å². The standard InChI is InChI=1S/C24H25N3O3S/c1-5-11-30-17-8-6-7-16(13-17)20-22(14(2)3)31-24(25-20)27-19-10-9-15(4)12-18(19)21(26-27)23(28)29/h6-10,12-14H,5,11H2,1-4H3,(H,28,29). The fraction of sp³-hybridized carbons (Fsp3) is 0.292. The van der Waals surface area contributed by atoms with Crippen molar-refractivity contribution < 1.29 is 14.6 Å². The van der Waals surface area contributed by atoms with Gasteiger partial charge in [-0.2, -0.15) is 5.10 Å². The Bertz CT molecular complexity index is 1260. The fourth-order valence-electron chi connectivity index (χ4n) is 3.50. The van der Waals surface area contributed by atoms with Gasteiger partial charge < -0.3 is 9.84 Å². The van der Waals surface area contributed by atoms with Gasteiger partial charge in [0.2, 0.25) is 5.13 Å². The van der Waals surface area contributed by atoms with Crippen LogP contribution in [0.4, 0.5) is 0 Å². The molecule has 1 N–H and O–H groups in total. The summed E-state index contributed by atoms with van der Waals surface area (Å²) in [6.45, 7) is 8.94. The first-order valence-electron chi connectivity index (χ1n) is 10.4. The van der Waals surface area contributed by atoms with Gasteiger partial charge >= 0.3 is 5.97 Å². The van der Waals surface area contributed by atoms with Gasteiger partial charge in [-0.3, -0.25) is 0 Å². The van der Waals surface area contributed by atoms with E-state index in [0.717, 1.165) is 39.4 Å². The monoisotopic (exact) mass is 435 g/mol. The van der Waals surface area contributed by atoms with Crippen LogP contribution in [0, 0.1) is 6.92 Å². The second-order valence-electron chi connectivity index (χ2n) is 7.83. The molecule has 0 aliphatic carbocycles. The highest BCUT2D eigenvalue weighted by Gasteiger charge is 2.22. The number of hydrogen-bond donors (Lipinski definition) is 1. The number of rotatable bonds is 7. The molecule has 0 aliphatic rings. The van der Waals surface area contributed by atoms with E-state index < -0.39 is 5.97 Å². The molecule has 0 amide bonds. The van der Waals surface area contributed by atoms with E-state index in [1.165, 1.54) is 11.3 Å². The molecule has 7 heteroatoms. The van der Waals surface area contributed by atoms with Crippen LogP contribution in [0.25, 0.3) is 27.3 Å². The summed E-state index contributed by atoms with van der Waals surface area (Å²) >= 11 is 1.54. The molecule has 4 rings (SSSR count). The summed E-state index contributed by atoms with van der Waals surface area (Å²) in [7, 11) is 0. The lowest BCUT2D eigenvalue weighted by Gasteiger charge is -2.08. The van der Waals surface area contributed by atoms with Crippen molar-refractivity contribution >= 4 is 28.2 Å². The molecule has 6 nitrogen and oxygen atoms in total. The van der Waals surface area contributed by atoms with Crippen molar-refractivity contribution in [1.29, 1.82) is 0 Å². The maximum Gasteiger partial charge on any atom is 0.357 e. The van der Waals surface area contributed by atoms with Crippen LogP contribution in [-0.4, -0.2) is 32.4 Å². The Morgan fingerprint density at radius 1 is 1.23 bits per heavy atom. The Balaban J connectivity index is 1.87. The molecule has 2 aromatic carbocycles. The van der Waals surface area contributed by atoms with E-state index in [1.807, 2.05) is 49.4 Å². The number of carbonyl (C=O) groups is 1. The predicted molar refractivity (Wildman–Crippen MR) is 124 cm³/mol. The number of fused-ring (bicyclic) bond motifs is 1. The topological polar surface area (TPSA) is 77.2 Å². The highest BCUT2D eigenvalue weighted by atomic mass is 32.1. The maximum atomic E-state index is 11.8. The zero-order chi connectivity index (χ0) is 22.1. The van der Waals surface area contributed by atoms with Crippen molar-refractivity contribution in [2.45, 2.75) is 40.0 Å². The van der Waals surface area contributed by atoms with Crippen molar-refractivity contribution in [3.05, 3.63) is 58.6 Å².